The summed E-state index contributed by atoms with van der Waals surface area (Å²) < 4.78 is 14.8. The first-order valence-electron chi connectivity index (χ1n) is 11.5. The Morgan fingerprint density at radius 2 is 1.29 bits per heavy atom. The zero-order valence-corrected chi connectivity index (χ0v) is 19.9. The highest BCUT2D eigenvalue weighted by molar-refractivity contribution is 5.83. The van der Waals surface area contributed by atoms with Crippen LogP contribution < -0.4 is 0 Å². The minimum atomic E-state index is -0.365. The van der Waals surface area contributed by atoms with Crippen molar-refractivity contribution in [2.24, 2.45) is 11.8 Å². The number of Topliss-reactive ketones (excluding diaryl/α,β-unsaturated/α-hetero) is 1. The summed E-state index contributed by atoms with van der Waals surface area (Å²) in [6, 6.07) is 1.86. The van der Waals surface area contributed by atoms with Crippen LogP contribution in [0.25, 0.3) is 0 Å². The number of carbonyl (C=O) groups excluding carboxylic acids is 4. The van der Waals surface area contributed by atoms with Gasteiger partial charge in [-0.05, 0) is 32.6 Å². The molecule has 0 radical (unpaired) electrons. The monoisotopic (exact) mass is 477 g/mol. The average Bonchev–Trinajstić information content (AvgIpc) is 2.86. The van der Waals surface area contributed by atoms with Crippen molar-refractivity contribution < 1.29 is 33.4 Å². The number of nitrogens with zero attached hydrogens (tertiary/aromatic N) is 3. The van der Waals surface area contributed by atoms with Gasteiger partial charge in [0.15, 0.2) is 0 Å². The normalized spacial score (nSPS) is 16.2. The van der Waals surface area contributed by atoms with Crippen molar-refractivity contribution >= 4 is 23.9 Å². The van der Waals surface area contributed by atoms with Crippen molar-refractivity contribution in [1.29, 1.82) is 5.26 Å². The van der Waals surface area contributed by atoms with Crippen LogP contribution in [-0.2, 0) is 23.8 Å². The van der Waals surface area contributed by atoms with Crippen LogP contribution in [0.4, 0.5) is 9.59 Å². The van der Waals surface area contributed by atoms with Gasteiger partial charge in [0, 0.05) is 32.1 Å². The minimum absolute atomic E-state index is 0.0217. The Morgan fingerprint density at radius 3 is 1.68 bits per heavy atom. The molecule has 0 aromatic rings. The smallest absolute Gasteiger partial charge is 0.410 e. The van der Waals surface area contributed by atoms with Crippen molar-refractivity contribution in [1.82, 2.24) is 9.80 Å². The van der Waals surface area contributed by atoms with Gasteiger partial charge in [-0.1, -0.05) is 25.3 Å². The van der Waals surface area contributed by atoms with E-state index < -0.39 is 0 Å². The summed E-state index contributed by atoms with van der Waals surface area (Å²) in [7, 11) is 0. The molecule has 2 aliphatic rings. The number of piperidine rings is 2. The van der Waals surface area contributed by atoms with Crippen LogP contribution in [0.15, 0.2) is 25.3 Å². The number of nitriles is 1. The predicted octanol–water partition coefficient (Wildman–Crippen LogP) is 3.09. The van der Waals surface area contributed by atoms with Crippen LogP contribution >= 0.6 is 0 Å². The highest BCUT2D eigenvalue weighted by Gasteiger charge is 2.29. The van der Waals surface area contributed by atoms with E-state index in [2.05, 4.69) is 13.2 Å². The molecule has 0 atom stereocenters. The first-order valence-corrected chi connectivity index (χ1v) is 11.5. The summed E-state index contributed by atoms with van der Waals surface area (Å²) in [5, 5.41) is 8.44. The summed E-state index contributed by atoms with van der Waals surface area (Å²) in [5.74, 6) is -0.352. The standard InChI is InChI=1S/C12H16N2O3.C12H19NO4/c1-2-9-17-12(16)14-7-4-10(5-8-14)11(15)3-6-13;1-3-9-17-12(15)13-7-5-10(6-8-13)11(14)16-4-2/h2,10H,1,3-5,7-9H2;3,10H,1,4-9H2,2H3. The Morgan fingerprint density at radius 1 is 0.853 bits per heavy atom. The quantitative estimate of drug-likeness (QED) is 0.297. The van der Waals surface area contributed by atoms with Crippen molar-refractivity contribution in [3.05, 3.63) is 25.3 Å². The number of esters is 1. The van der Waals surface area contributed by atoms with Crippen molar-refractivity contribution in [2.45, 2.75) is 39.0 Å². The Bertz CT molecular complexity index is 746. The number of hydrogen-bond acceptors (Lipinski definition) is 8. The molecule has 188 valence electrons. The highest BCUT2D eigenvalue weighted by Crippen LogP contribution is 2.20. The number of amides is 2. The molecule has 2 fully saturated rings. The van der Waals surface area contributed by atoms with Gasteiger partial charge in [0.05, 0.1) is 25.0 Å². The number of carbonyl (C=O) groups is 4. The molecule has 2 heterocycles. The molecule has 0 spiro atoms. The van der Waals surface area contributed by atoms with Crippen molar-refractivity contribution in [2.75, 3.05) is 46.0 Å². The molecule has 2 saturated heterocycles. The van der Waals surface area contributed by atoms with E-state index in [1.165, 1.54) is 12.2 Å². The molecule has 0 aliphatic carbocycles. The molecule has 2 amide bonds. The zero-order chi connectivity index (χ0) is 25.3. The molecular weight excluding hydrogens is 442 g/mol. The number of ketones is 1. The maximum absolute atomic E-state index is 11.5. The van der Waals surface area contributed by atoms with E-state index in [0.29, 0.717) is 58.5 Å². The SMILES string of the molecule is C=CCOC(=O)N1CCC(C(=O)CC#N)CC1.C=CCOC(=O)N1CCC(C(=O)OCC)CC1. The van der Waals surface area contributed by atoms with E-state index >= 15 is 0 Å². The van der Waals surface area contributed by atoms with E-state index in [-0.39, 0.29) is 55.4 Å². The Kier molecular flexibility index (Phi) is 13.7. The van der Waals surface area contributed by atoms with Gasteiger partial charge in [0.2, 0.25) is 0 Å². The summed E-state index contributed by atoms with van der Waals surface area (Å²) >= 11 is 0. The lowest BCUT2D eigenvalue weighted by atomic mass is 9.91. The van der Waals surface area contributed by atoms with E-state index in [4.69, 9.17) is 19.5 Å². The maximum atomic E-state index is 11.5. The van der Waals surface area contributed by atoms with Crippen LogP contribution in [0.3, 0.4) is 0 Å². The van der Waals surface area contributed by atoms with Crippen LogP contribution in [0.5, 0.6) is 0 Å². The van der Waals surface area contributed by atoms with Gasteiger partial charge in [-0.25, -0.2) is 9.59 Å². The molecule has 0 unspecified atom stereocenters. The number of rotatable bonds is 8. The molecule has 10 heteroatoms. The number of ether oxygens (including phenoxy) is 3. The largest absolute Gasteiger partial charge is 0.466 e. The zero-order valence-electron chi connectivity index (χ0n) is 19.9. The summed E-state index contributed by atoms with van der Waals surface area (Å²) in [6.07, 6.45) is 4.82. The van der Waals surface area contributed by atoms with E-state index in [1.54, 1.807) is 16.7 Å². The lowest BCUT2D eigenvalue weighted by Crippen LogP contribution is -2.40. The van der Waals surface area contributed by atoms with Gasteiger partial charge in [-0.3, -0.25) is 9.59 Å². The third-order valence-corrected chi connectivity index (χ3v) is 5.48. The van der Waals surface area contributed by atoms with Crippen molar-refractivity contribution in [3.8, 4) is 6.07 Å². The van der Waals surface area contributed by atoms with Gasteiger partial charge in [-0.15, -0.1) is 0 Å². The molecule has 0 N–H and O–H groups in total. The number of hydrogen-bond donors (Lipinski definition) is 0. The minimum Gasteiger partial charge on any atom is -0.466 e. The number of likely N-dealkylation sites (tertiary alicyclic amines) is 2. The summed E-state index contributed by atoms with van der Waals surface area (Å²) in [4.78, 5) is 49.1. The lowest BCUT2D eigenvalue weighted by molar-refractivity contribution is -0.149. The highest BCUT2D eigenvalue weighted by atomic mass is 16.6. The fourth-order valence-electron chi connectivity index (χ4n) is 3.61. The molecule has 34 heavy (non-hydrogen) atoms. The fourth-order valence-corrected chi connectivity index (χ4v) is 3.61. The van der Waals surface area contributed by atoms with Crippen molar-refractivity contribution in [3.63, 3.8) is 0 Å². The molecule has 2 rings (SSSR count). The van der Waals surface area contributed by atoms with E-state index in [1.807, 2.05) is 6.07 Å². The van der Waals surface area contributed by atoms with Crippen LogP contribution in [-0.4, -0.2) is 79.7 Å². The first-order chi connectivity index (χ1) is 16.4. The Hall–Kier alpha value is -3.35. The molecule has 0 bridgehead atoms. The molecule has 0 aromatic carbocycles. The first kappa shape index (κ1) is 28.7. The molecule has 10 nitrogen and oxygen atoms in total. The topological polar surface area (TPSA) is 126 Å². The molecule has 0 aromatic heterocycles. The van der Waals surface area contributed by atoms with E-state index in [0.717, 1.165) is 0 Å². The van der Waals surface area contributed by atoms with Crippen LogP contribution in [0.2, 0.25) is 0 Å². The van der Waals surface area contributed by atoms with Gasteiger partial charge >= 0.3 is 18.2 Å². The Balaban J connectivity index is 0.000000340. The molecule has 0 saturated carbocycles. The van der Waals surface area contributed by atoms with Gasteiger partial charge in [-0.2, -0.15) is 5.26 Å². The second-order valence-electron chi connectivity index (χ2n) is 7.81. The lowest BCUT2D eigenvalue weighted by Gasteiger charge is -2.30. The van der Waals surface area contributed by atoms with Gasteiger partial charge in [0.25, 0.3) is 0 Å². The third kappa shape index (κ3) is 10.1. The predicted molar refractivity (Wildman–Crippen MR) is 124 cm³/mol. The van der Waals surface area contributed by atoms with Crippen LogP contribution in [0.1, 0.15) is 39.0 Å². The molecule has 2 aliphatic heterocycles. The second-order valence-corrected chi connectivity index (χ2v) is 7.81. The summed E-state index contributed by atoms with van der Waals surface area (Å²) in [5.41, 5.74) is 0. The second kappa shape index (κ2) is 16.3. The van der Waals surface area contributed by atoms with Gasteiger partial charge in [0.1, 0.15) is 19.0 Å². The average molecular weight is 478 g/mol. The maximum Gasteiger partial charge on any atom is 0.410 e. The fraction of sp³-hybridized carbons (Fsp3) is 0.625. The summed E-state index contributed by atoms with van der Waals surface area (Å²) in [6.45, 7) is 11.7. The Labute approximate surface area is 201 Å². The van der Waals surface area contributed by atoms with Crippen LogP contribution in [0, 0.1) is 23.2 Å². The third-order valence-electron chi connectivity index (χ3n) is 5.48. The van der Waals surface area contributed by atoms with Gasteiger partial charge < -0.3 is 24.0 Å². The molecular formula is C24H35N3O7. The van der Waals surface area contributed by atoms with E-state index in [9.17, 15) is 19.2 Å².